The second kappa shape index (κ2) is 5.95. The number of nitrogens with one attached hydrogen (secondary N) is 1. The third-order valence-corrected chi connectivity index (χ3v) is 3.24. The molecular formula is C14H18BrN5O. The first kappa shape index (κ1) is 15.7. The van der Waals surface area contributed by atoms with E-state index in [1.807, 2.05) is 33.8 Å². The van der Waals surface area contributed by atoms with E-state index in [2.05, 4.69) is 36.3 Å². The van der Waals surface area contributed by atoms with Gasteiger partial charge in [0.1, 0.15) is 11.6 Å². The molecule has 7 heteroatoms. The number of hydrogen-bond acceptors (Lipinski definition) is 6. The number of rotatable bonds is 3. The van der Waals surface area contributed by atoms with Crippen LogP contribution < -0.4 is 16.0 Å². The molecule has 2 heterocycles. The zero-order valence-electron chi connectivity index (χ0n) is 12.4. The highest BCUT2D eigenvalue weighted by Gasteiger charge is 2.22. The first-order valence-electron chi connectivity index (χ1n) is 6.45. The molecule has 0 aromatic carbocycles. The van der Waals surface area contributed by atoms with Crippen LogP contribution in [0, 0.1) is 6.92 Å². The van der Waals surface area contributed by atoms with Gasteiger partial charge in [-0.3, -0.25) is 4.98 Å². The predicted octanol–water partition coefficient (Wildman–Crippen LogP) is 3.32. The van der Waals surface area contributed by atoms with Crippen LogP contribution >= 0.6 is 15.9 Å². The summed E-state index contributed by atoms with van der Waals surface area (Å²) in [5, 5.41) is 0. The van der Waals surface area contributed by atoms with Crippen molar-refractivity contribution in [1.82, 2.24) is 15.0 Å². The normalized spacial score (nSPS) is 11.3. The van der Waals surface area contributed by atoms with Crippen LogP contribution in [0.25, 0.3) is 0 Å². The molecule has 0 spiro atoms. The van der Waals surface area contributed by atoms with Crippen LogP contribution in [-0.4, -0.2) is 15.0 Å². The zero-order chi connectivity index (χ0) is 15.6. The van der Waals surface area contributed by atoms with Gasteiger partial charge >= 0.3 is 0 Å². The van der Waals surface area contributed by atoms with Crippen LogP contribution in [0.15, 0.2) is 22.9 Å². The topological polar surface area (TPSA) is 86.0 Å². The van der Waals surface area contributed by atoms with Crippen LogP contribution in [-0.2, 0) is 5.41 Å². The molecular weight excluding hydrogens is 334 g/mol. The van der Waals surface area contributed by atoms with Crippen molar-refractivity contribution in [1.29, 1.82) is 0 Å². The number of aromatic nitrogens is 3. The lowest BCUT2D eigenvalue weighted by Crippen LogP contribution is -2.20. The van der Waals surface area contributed by atoms with Crippen molar-refractivity contribution in [2.24, 2.45) is 5.84 Å². The summed E-state index contributed by atoms with van der Waals surface area (Å²) in [6.07, 6.45) is 3.31. The van der Waals surface area contributed by atoms with Crippen LogP contribution in [0.1, 0.15) is 32.2 Å². The SMILES string of the molecule is Cc1c(NN)nc(C(C)(C)C)nc1Oc1cncc(Br)c1. The van der Waals surface area contributed by atoms with E-state index >= 15 is 0 Å². The van der Waals surface area contributed by atoms with E-state index in [0.29, 0.717) is 23.3 Å². The molecule has 0 bridgehead atoms. The Bertz CT molecular complexity index is 654. The summed E-state index contributed by atoms with van der Waals surface area (Å²) in [5.41, 5.74) is 3.12. The molecule has 0 saturated heterocycles. The molecule has 0 fully saturated rings. The molecule has 0 atom stereocenters. The van der Waals surface area contributed by atoms with Gasteiger partial charge in [-0.15, -0.1) is 0 Å². The van der Waals surface area contributed by atoms with Gasteiger partial charge in [0.15, 0.2) is 5.82 Å². The van der Waals surface area contributed by atoms with Crippen molar-refractivity contribution in [2.75, 3.05) is 5.43 Å². The Morgan fingerprint density at radius 3 is 2.52 bits per heavy atom. The summed E-state index contributed by atoms with van der Waals surface area (Å²) < 4.78 is 6.66. The molecule has 2 aromatic rings. The van der Waals surface area contributed by atoms with Crippen molar-refractivity contribution < 1.29 is 4.74 Å². The highest BCUT2D eigenvalue weighted by atomic mass is 79.9. The van der Waals surface area contributed by atoms with Gasteiger partial charge in [-0.2, -0.15) is 4.98 Å². The number of anilines is 1. The lowest BCUT2D eigenvalue weighted by Gasteiger charge is -2.20. The van der Waals surface area contributed by atoms with Gasteiger partial charge in [0.25, 0.3) is 0 Å². The summed E-state index contributed by atoms with van der Waals surface area (Å²) in [7, 11) is 0. The summed E-state index contributed by atoms with van der Waals surface area (Å²) in [6.45, 7) is 7.94. The fourth-order valence-electron chi connectivity index (χ4n) is 1.63. The fraction of sp³-hybridized carbons (Fsp3) is 0.357. The molecule has 0 saturated carbocycles. The third-order valence-electron chi connectivity index (χ3n) is 2.80. The van der Waals surface area contributed by atoms with Crippen LogP contribution in [0.4, 0.5) is 5.82 Å². The molecule has 0 unspecified atom stereocenters. The molecule has 112 valence electrons. The van der Waals surface area contributed by atoms with E-state index in [0.717, 1.165) is 10.0 Å². The predicted molar refractivity (Wildman–Crippen MR) is 85.3 cm³/mol. The summed E-state index contributed by atoms with van der Waals surface area (Å²) in [5.74, 6) is 7.79. The number of pyridine rings is 1. The number of hydrogen-bond donors (Lipinski definition) is 2. The van der Waals surface area contributed by atoms with E-state index < -0.39 is 0 Å². The minimum atomic E-state index is -0.215. The van der Waals surface area contributed by atoms with Gasteiger partial charge in [0.2, 0.25) is 5.88 Å². The Balaban J connectivity index is 2.47. The second-order valence-corrected chi connectivity index (χ2v) is 6.58. The lowest BCUT2D eigenvalue weighted by atomic mass is 9.95. The Morgan fingerprint density at radius 1 is 1.24 bits per heavy atom. The molecule has 21 heavy (non-hydrogen) atoms. The van der Waals surface area contributed by atoms with Crippen molar-refractivity contribution in [2.45, 2.75) is 33.1 Å². The number of nitrogens with two attached hydrogens (primary N) is 1. The largest absolute Gasteiger partial charge is 0.437 e. The standard InChI is InChI=1S/C14H18BrN5O/c1-8-11(20-16)18-13(14(2,3)4)19-12(8)21-10-5-9(15)6-17-7-10/h5-7H,16H2,1-4H3,(H,18,19,20). The van der Waals surface area contributed by atoms with E-state index in [9.17, 15) is 0 Å². The summed E-state index contributed by atoms with van der Waals surface area (Å²) >= 11 is 3.36. The number of halogens is 1. The van der Waals surface area contributed by atoms with Crippen molar-refractivity contribution in [3.63, 3.8) is 0 Å². The summed E-state index contributed by atoms with van der Waals surface area (Å²) in [6, 6.07) is 1.82. The number of hydrazine groups is 1. The molecule has 6 nitrogen and oxygen atoms in total. The van der Waals surface area contributed by atoms with Gasteiger partial charge < -0.3 is 10.2 Å². The smallest absolute Gasteiger partial charge is 0.227 e. The number of nitrogen functional groups attached to an aromatic ring is 1. The van der Waals surface area contributed by atoms with E-state index in [1.54, 1.807) is 12.4 Å². The first-order chi connectivity index (χ1) is 9.81. The Labute approximate surface area is 132 Å². The minimum absolute atomic E-state index is 0.215. The van der Waals surface area contributed by atoms with Crippen LogP contribution in [0.2, 0.25) is 0 Å². The van der Waals surface area contributed by atoms with Crippen molar-refractivity contribution in [3.05, 3.63) is 34.3 Å². The highest BCUT2D eigenvalue weighted by molar-refractivity contribution is 9.10. The molecule has 0 radical (unpaired) electrons. The lowest BCUT2D eigenvalue weighted by molar-refractivity contribution is 0.440. The monoisotopic (exact) mass is 351 g/mol. The highest BCUT2D eigenvalue weighted by Crippen LogP contribution is 2.30. The Morgan fingerprint density at radius 2 is 1.95 bits per heavy atom. The van der Waals surface area contributed by atoms with Gasteiger partial charge in [0.05, 0.1) is 11.8 Å². The average molecular weight is 352 g/mol. The Kier molecular flexibility index (Phi) is 4.43. The van der Waals surface area contributed by atoms with E-state index in [1.165, 1.54) is 0 Å². The van der Waals surface area contributed by atoms with Crippen LogP contribution in [0.3, 0.4) is 0 Å². The molecule has 2 rings (SSSR count). The van der Waals surface area contributed by atoms with Crippen molar-refractivity contribution >= 4 is 21.7 Å². The molecule has 3 N–H and O–H groups in total. The molecule has 0 amide bonds. The third kappa shape index (κ3) is 3.68. The maximum Gasteiger partial charge on any atom is 0.227 e. The molecule has 0 aliphatic rings. The molecule has 2 aromatic heterocycles. The van der Waals surface area contributed by atoms with Crippen molar-refractivity contribution in [3.8, 4) is 11.6 Å². The molecule has 0 aliphatic carbocycles. The van der Waals surface area contributed by atoms with E-state index in [4.69, 9.17) is 10.6 Å². The Hall–Kier alpha value is -1.73. The van der Waals surface area contributed by atoms with E-state index in [-0.39, 0.29) is 5.41 Å². The second-order valence-electron chi connectivity index (χ2n) is 5.66. The first-order valence-corrected chi connectivity index (χ1v) is 7.24. The quantitative estimate of drug-likeness (QED) is 0.651. The van der Waals surface area contributed by atoms with Crippen LogP contribution in [0.5, 0.6) is 11.6 Å². The van der Waals surface area contributed by atoms with Gasteiger partial charge in [-0.25, -0.2) is 10.8 Å². The van der Waals surface area contributed by atoms with Gasteiger partial charge in [0, 0.05) is 16.1 Å². The number of ether oxygens (including phenoxy) is 1. The molecule has 0 aliphatic heterocycles. The average Bonchev–Trinajstić information content (AvgIpc) is 2.40. The maximum atomic E-state index is 5.83. The minimum Gasteiger partial charge on any atom is -0.437 e. The fourth-order valence-corrected chi connectivity index (χ4v) is 1.98. The van der Waals surface area contributed by atoms with Gasteiger partial charge in [-0.05, 0) is 28.9 Å². The zero-order valence-corrected chi connectivity index (χ0v) is 14.0. The maximum absolute atomic E-state index is 5.83. The summed E-state index contributed by atoms with van der Waals surface area (Å²) in [4.78, 5) is 13.0. The number of nitrogens with zero attached hydrogens (tertiary/aromatic N) is 3. The van der Waals surface area contributed by atoms with Gasteiger partial charge in [-0.1, -0.05) is 20.8 Å².